The number of halogens is 1. The lowest BCUT2D eigenvalue weighted by Crippen LogP contribution is -2.31. The lowest BCUT2D eigenvalue weighted by atomic mass is 10.1. The first-order valence-corrected chi connectivity index (χ1v) is 20.6. The molecule has 0 amide bonds. The molecule has 0 saturated heterocycles. The molecule has 0 bridgehead atoms. The highest BCUT2D eigenvalue weighted by atomic mass is 35.5. The third-order valence-corrected chi connectivity index (χ3v) is 10.7. The van der Waals surface area contributed by atoms with E-state index in [1.165, 1.54) is 0 Å². The van der Waals surface area contributed by atoms with Gasteiger partial charge in [0.05, 0.1) is 12.4 Å². The lowest BCUT2D eigenvalue weighted by molar-refractivity contribution is -0.149. The molecule has 3 heterocycles. The quantitative estimate of drug-likeness (QED) is 0.124. The molecule has 0 saturated carbocycles. The Morgan fingerprint density at radius 3 is 1.55 bits per heavy atom. The third-order valence-electron chi connectivity index (χ3n) is 8.48. The average molecular weight is 807 g/mol. The number of rotatable bonds is 6. The predicted octanol–water partition coefficient (Wildman–Crippen LogP) is 7.40. The van der Waals surface area contributed by atoms with Gasteiger partial charge in [-0.2, -0.15) is 19.6 Å². The van der Waals surface area contributed by atoms with E-state index in [4.69, 9.17) is 36.0 Å². The third kappa shape index (κ3) is 10.6. The van der Waals surface area contributed by atoms with Crippen LogP contribution in [0.5, 0.6) is 11.5 Å². The van der Waals surface area contributed by atoms with Crippen LogP contribution in [0.1, 0.15) is 46.7 Å². The summed E-state index contributed by atoms with van der Waals surface area (Å²) >= 11 is 9.07. The summed E-state index contributed by atoms with van der Waals surface area (Å²) in [6.45, 7) is 0.00171. The molecule has 286 valence electrons. The molecule has 0 aliphatic carbocycles. The molecule has 0 radical (unpaired) electrons. The van der Waals surface area contributed by atoms with Gasteiger partial charge in [-0.1, -0.05) is 108 Å². The first kappa shape index (κ1) is 38.8. The van der Waals surface area contributed by atoms with Crippen molar-refractivity contribution in [2.24, 2.45) is 10.2 Å². The van der Waals surface area contributed by atoms with E-state index >= 15 is 0 Å². The first-order chi connectivity index (χ1) is 27.6. The Balaban J connectivity index is 1.19. The van der Waals surface area contributed by atoms with E-state index < -0.39 is 12.1 Å². The predicted molar refractivity (Wildman–Crippen MR) is 220 cm³/mol. The number of benzene rings is 4. The number of ether oxygens (including phenoxy) is 3. The minimum Gasteiger partial charge on any atom is -0.489 e. The number of aromatic nitrogens is 6. The number of esters is 1. The number of hydrogen-bond donors (Lipinski definition) is 0. The molecule has 0 atom stereocenters. The van der Waals surface area contributed by atoms with Crippen molar-refractivity contribution in [3.63, 3.8) is 0 Å². The second kappa shape index (κ2) is 19.9. The summed E-state index contributed by atoms with van der Waals surface area (Å²) in [5, 5.41) is 29.3. The standard InChI is InChI=1S/C41H39ClN8O4S2/c42-25-39(51)54-34-28-52-35-19-9-7-17-32(35)26-43-49-37(23-30-13-3-1-4-14-30)45-47-40(49)55-21-11-12-22-56-41-48-46-38(24-31-15-5-2-6-16-31)50(41)44-27-33-18-8-10-20-36(33)53-29-34/h1-10,13-20,26-27,34H,11-12,21-25,28-29H2/b43-26-,44-27-. The fourth-order valence-corrected chi connectivity index (χ4v) is 7.56. The number of para-hydroxylation sites is 2. The fourth-order valence-electron chi connectivity index (χ4n) is 5.69. The van der Waals surface area contributed by atoms with Crippen molar-refractivity contribution >= 4 is 53.5 Å². The van der Waals surface area contributed by atoms with Gasteiger partial charge in [-0.25, -0.2) is 0 Å². The molecule has 12 nitrogen and oxygen atoms in total. The van der Waals surface area contributed by atoms with Gasteiger partial charge in [0.2, 0.25) is 10.3 Å². The van der Waals surface area contributed by atoms with E-state index in [0.29, 0.717) is 46.3 Å². The van der Waals surface area contributed by atoms with Gasteiger partial charge in [0.15, 0.2) is 17.8 Å². The summed E-state index contributed by atoms with van der Waals surface area (Å²) in [6, 6.07) is 35.3. The fraction of sp³-hybridized carbons (Fsp3) is 0.244. The molecule has 0 spiro atoms. The molecule has 0 N–H and O–H groups in total. The maximum Gasteiger partial charge on any atom is 0.321 e. The normalized spacial score (nSPS) is 15.4. The second-order valence-electron chi connectivity index (χ2n) is 12.6. The topological polar surface area (TPSA) is 131 Å². The summed E-state index contributed by atoms with van der Waals surface area (Å²) in [5.74, 6) is 3.28. The molecule has 0 unspecified atom stereocenters. The second-order valence-corrected chi connectivity index (χ2v) is 15.0. The zero-order valence-corrected chi connectivity index (χ0v) is 32.8. The Bertz CT molecular complexity index is 2100. The zero-order chi connectivity index (χ0) is 38.4. The highest BCUT2D eigenvalue weighted by Gasteiger charge is 2.19. The van der Waals surface area contributed by atoms with Gasteiger partial charge in [0.25, 0.3) is 0 Å². The van der Waals surface area contributed by atoms with Crippen molar-refractivity contribution < 1.29 is 19.0 Å². The highest BCUT2D eigenvalue weighted by molar-refractivity contribution is 7.99. The van der Waals surface area contributed by atoms with Gasteiger partial charge < -0.3 is 14.2 Å². The van der Waals surface area contributed by atoms with Crippen molar-refractivity contribution in [2.75, 3.05) is 30.6 Å². The van der Waals surface area contributed by atoms with Crippen molar-refractivity contribution in [1.29, 1.82) is 0 Å². The molecule has 15 heteroatoms. The van der Waals surface area contributed by atoms with E-state index in [1.807, 2.05) is 84.9 Å². The summed E-state index contributed by atoms with van der Waals surface area (Å²) < 4.78 is 21.8. The van der Waals surface area contributed by atoms with Gasteiger partial charge in [-0.05, 0) is 48.2 Å². The van der Waals surface area contributed by atoms with Crippen LogP contribution in [0.2, 0.25) is 0 Å². The SMILES string of the molecule is O=C(CCl)OC1COc2ccccc2/C=N\n2c(Cc3ccccc3)nnc2SCCCCSc2nnc(Cc3ccccc3)n2/N=C\c2ccccc2OC1. The minimum absolute atomic E-state index is 0.000857. The van der Waals surface area contributed by atoms with Gasteiger partial charge in [0, 0.05) is 35.5 Å². The zero-order valence-electron chi connectivity index (χ0n) is 30.4. The number of hydrogen-bond acceptors (Lipinski definition) is 12. The van der Waals surface area contributed by atoms with Crippen LogP contribution in [0.3, 0.4) is 0 Å². The van der Waals surface area contributed by atoms with Crippen LogP contribution in [0.15, 0.2) is 130 Å². The van der Waals surface area contributed by atoms with Gasteiger partial charge in [-0.3, -0.25) is 4.79 Å². The van der Waals surface area contributed by atoms with Crippen molar-refractivity contribution in [3.05, 3.63) is 143 Å². The lowest BCUT2D eigenvalue weighted by Gasteiger charge is -2.20. The molecule has 0 fully saturated rings. The van der Waals surface area contributed by atoms with E-state index in [1.54, 1.807) is 45.3 Å². The molecular weight excluding hydrogens is 768 g/mol. The average Bonchev–Trinajstić information content (AvgIpc) is 3.81. The summed E-state index contributed by atoms with van der Waals surface area (Å²) in [4.78, 5) is 12.4. The number of alkyl halides is 1. The Morgan fingerprint density at radius 1 is 0.643 bits per heavy atom. The van der Waals surface area contributed by atoms with E-state index in [-0.39, 0.29) is 19.1 Å². The van der Waals surface area contributed by atoms with Gasteiger partial charge in [0.1, 0.15) is 30.6 Å². The maximum atomic E-state index is 12.4. The number of thioether (sulfide) groups is 2. The van der Waals surface area contributed by atoms with Crippen molar-refractivity contribution in [2.45, 2.75) is 42.1 Å². The monoisotopic (exact) mass is 806 g/mol. The van der Waals surface area contributed by atoms with Crippen LogP contribution >= 0.6 is 35.1 Å². The van der Waals surface area contributed by atoms with Crippen LogP contribution in [-0.4, -0.2) is 84.8 Å². The Morgan fingerprint density at radius 2 is 1.09 bits per heavy atom. The number of carbonyl (C=O) groups is 1. The Kier molecular flexibility index (Phi) is 13.8. The molecule has 6 aromatic rings. The first-order valence-electron chi connectivity index (χ1n) is 18.1. The molecule has 1 aliphatic heterocycles. The Hall–Kier alpha value is -5.44. The summed E-state index contributed by atoms with van der Waals surface area (Å²) in [6.07, 6.45) is 5.68. The van der Waals surface area contributed by atoms with Gasteiger partial charge >= 0.3 is 5.97 Å². The molecule has 2 aromatic heterocycles. The maximum absolute atomic E-state index is 12.4. The van der Waals surface area contributed by atoms with Crippen LogP contribution in [0.4, 0.5) is 0 Å². The van der Waals surface area contributed by atoms with E-state index in [0.717, 1.165) is 46.6 Å². The summed E-state index contributed by atoms with van der Waals surface area (Å²) in [5.41, 5.74) is 3.65. The van der Waals surface area contributed by atoms with E-state index in [9.17, 15) is 4.79 Å². The van der Waals surface area contributed by atoms with Crippen LogP contribution < -0.4 is 9.47 Å². The molecule has 7 rings (SSSR count). The number of nitrogens with zero attached hydrogens (tertiary/aromatic N) is 8. The molecular formula is C41H39ClN8O4S2. The van der Waals surface area contributed by atoms with Crippen molar-refractivity contribution in [1.82, 2.24) is 29.7 Å². The smallest absolute Gasteiger partial charge is 0.321 e. The largest absolute Gasteiger partial charge is 0.489 e. The Labute approximate surface area is 338 Å². The van der Waals surface area contributed by atoms with Gasteiger partial charge in [-0.15, -0.1) is 32.0 Å². The summed E-state index contributed by atoms with van der Waals surface area (Å²) in [7, 11) is 0. The minimum atomic E-state index is -0.783. The van der Waals surface area contributed by atoms with Crippen LogP contribution in [0, 0.1) is 0 Å². The molecule has 56 heavy (non-hydrogen) atoms. The number of fused-ring (bicyclic) bond motifs is 4. The van der Waals surface area contributed by atoms with Crippen molar-refractivity contribution in [3.8, 4) is 11.5 Å². The molecule has 1 aliphatic rings. The molecule has 4 aromatic carbocycles. The van der Waals surface area contributed by atoms with Crippen LogP contribution in [0.25, 0.3) is 0 Å². The highest BCUT2D eigenvalue weighted by Crippen LogP contribution is 2.25. The van der Waals surface area contributed by atoms with Crippen LogP contribution in [-0.2, 0) is 22.4 Å². The number of carbonyl (C=O) groups excluding carboxylic acids is 1. The van der Waals surface area contributed by atoms with E-state index in [2.05, 4.69) is 44.7 Å².